The molecule has 1 heterocycles. The average Bonchev–Trinajstić information content (AvgIpc) is 2.64. The Bertz CT molecular complexity index is 497. The quantitative estimate of drug-likeness (QED) is 0.141. The van der Waals surface area contributed by atoms with Gasteiger partial charge in [-0.3, -0.25) is 4.79 Å². The molecule has 0 radical (unpaired) electrons. The molecule has 1 saturated heterocycles. The lowest BCUT2D eigenvalue weighted by Gasteiger charge is -2.39. The standard InChI is InChI=1S/C14H26N2O9S2/c1-5(18)8(13(23)24-2)16-12(22)6(15)4-26-27-14-11(21)10(20)9(19)7(3-17)25-14/h5-11,14,17-21H,3-4,15H2,1-2H3,(H,16,22)/t5-,6+,7-,8+,9-,10+,11-,14+/m1/s1. The molecule has 0 saturated carbocycles. The van der Waals surface area contributed by atoms with Gasteiger partial charge in [0.05, 0.1) is 25.9 Å². The second-order valence-electron chi connectivity index (χ2n) is 5.93. The zero-order valence-corrected chi connectivity index (χ0v) is 16.4. The maximum absolute atomic E-state index is 12.1. The number of ether oxygens (including phenoxy) is 2. The van der Waals surface area contributed by atoms with Crippen LogP contribution in [0.25, 0.3) is 0 Å². The molecule has 0 unspecified atom stereocenters. The van der Waals surface area contributed by atoms with Gasteiger partial charge in [0.2, 0.25) is 5.91 Å². The van der Waals surface area contributed by atoms with Crippen molar-refractivity contribution in [2.45, 2.75) is 55.0 Å². The van der Waals surface area contributed by atoms with Crippen LogP contribution in [0.4, 0.5) is 0 Å². The first-order valence-corrected chi connectivity index (χ1v) is 10.4. The highest BCUT2D eigenvalue weighted by atomic mass is 33.1. The third kappa shape index (κ3) is 6.73. The van der Waals surface area contributed by atoms with E-state index in [2.05, 4.69) is 10.1 Å². The summed E-state index contributed by atoms with van der Waals surface area (Å²) in [4.78, 5) is 23.6. The molecule has 27 heavy (non-hydrogen) atoms. The van der Waals surface area contributed by atoms with Crippen molar-refractivity contribution < 1.29 is 44.6 Å². The Balaban J connectivity index is 2.50. The lowest BCUT2D eigenvalue weighted by Crippen LogP contribution is -2.57. The zero-order chi connectivity index (χ0) is 20.7. The summed E-state index contributed by atoms with van der Waals surface area (Å²) in [6.45, 7) is 0.778. The first kappa shape index (κ1) is 24.4. The van der Waals surface area contributed by atoms with Crippen LogP contribution in [-0.2, 0) is 19.1 Å². The highest BCUT2D eigenvalue weighted by Crippen LogP contribution is 2.35. The van der Waals surface area contributed by atoms with Crippen LogP contribution in [0.3, 0.4) is 0 Å². The third-order valence-corrected chi connectivity index (χ3v) is 6.43. The van der Waals surface area contributed by atoms with E-state index < -0.39 is 66.5 Å². The summed E-state index contributed by atoms with van der Waals surface area (Å²) >= 11 is 0. The number of nitrogens with two attached hydrogens (primary N) is 1. The molecule has 1 aliphatic heterocycles. The van der Waals surface area contributed by atoms with E-state index in [0.717, 1.165) is 28.7 Å². The van der Waals surface area contributed by atoms with E-state index in [1.165, 1.54) is 6.92 Å². The van der Waals surface area contributed by atoms with Gasteiger partial charge in [-0.1, -0.05) is 21.6 Å². The number of esters is 1. The fourth-order valence-electron chi connectivity index (χ4n) is 2.17. The smallest absolute Gasteiger partial charge is 0.331 e. The number of methoxy groups -OCH3 is 1. The maximum atomic E-state index is 12.1. The van der Waals surface area contributed by atoms with Crippen molar-refractivity contribution in [3.63, 3.8) is 0 Å². The fourth-order valence-corrected chi connectivity index (χ4v) is 4.70. The Kier molecular flexibility index (Phi) is 10.3. The summed E-state index contributed by atoms with van der Waals surface area (Å²) < 4.78 is 9.80. The molecule has 158 valence electrons. The minimum Gasteiger partial charge on any atom is -0.467 e. The summed E-state index contributed by atoms with van der Waals surface area (Å²) in [6, 6.07) is -2.30. The van der Waals surface area contributed by atoms with Gasteiger partial charge in [-0.2, -0.15) is 0 Å². The number of carbonyl (C=O) groups is 2. The monoisotopic (exact) mass is 430 g/mol. The highest BCUT2D eigenvalue weighted by Gasteiger charge is 2.43. The van der Waals surface area contributed by atoms with Crippen molar-refractivity contribution in [1.29, 1.82) is 0 Å². The van der Waals surface area contributed by atoms with Crippen molar-refractivity contribution in [3.8, 4) is 0 Å². The van der Waals surface area contributed by atoms with Crippen LogP contribution in [0, 0.1) is 0 Å². The van der Waals surface area contributed by atoms with E-state index in [-0.39, 0.29) is 5.75 Å². The molecular formula is C14H26N2O9S2. The molecular weight excluding hydrogens is 404 g/mol. The molecule has 8 N–H and O–H groups in total. The van der Waals surface area contributed by atoms with E-state index in [1.54, 1.807) is 0 Å². The third-order valence-electron chi connectivity index (χ3n) is 3.83. The van der Waals surface area contributed by atoms with Gasteiger partial charge in [0.25, 0.3) is 0 Å². The van der Waals surface area contributed by atoms with Crippen molar-refractivity contribution in [3.05, 3.63) is 0 Å². The molecule has 1 fully saturated rings. The summed E-state index contributed by atoms with van der Waals surface area (Å²) in [5.74, 6) is -1.44. The minimum atomic E-state index is -1.49. The van der Waals surface area contributed by atoms with Crippen LogP contribution >= 0.6 is 21.6 Å². The van der Waals surface area contributed by atoms with Gasteiger partial charge in [0.1, 0.15) is 29.9 Å². The molecule has 13 heteroatoms. The van der Waals surface area contributed by atoms with E-state index in [0.29, 0.717) is 0 Å². The zero-order valence-electron chi connectivity index (χ0n) is 14.8. The molecule has 8 atom stereocenters. The van der Waals surface area contributed by atoms with Crippen molar-refractivity contribution in [2.24, 2.45) is 5.73 Å². The van der Waals surface area contributed by atoms with Gasteiger partial charge < -0.3 is 46.1 Å². The van der Waals surface area contributed by atoms with Crippen LogP contribution in [0.2, 0.25) is 0 Å². The Morgan fingerprint density at radius 1 is 1.26 bits per heavy atom. The number of rotatable bonds is 9. The summed E-state index contributed by atoms with van der Waals surface area (Å²) in [6.07, 6.45) is -6.53. The first-order chi connectivity index (χ1) is 12.6. The Labute approximate surface area is 164 Å². The fraction of sp³-hybridized carbons (Fsp3) is 0.857. The van der Waals surface area contributed by atoms with Crippen LogP contribution in [0.1, 0.15) is 6.92 Å². The molecule has 0 aromatic carbocycles. The largest absolute Gasteiger partial charge is 0.467 e. The first-order valence-electron chi connectivity index (χ1n) is 8.04. The molecule has 0 aliphatic carbocycles. The molecule has 0 bridgehead atoms. The lowest BCUT2D eigenvalue weighted by molar-refractivity contribution is -0.205. The second-order valence-corrected chi connectivity index (χ2v) is 8.45. The van der Waals surface area contributed by atoms with Gasteiger partial charge in [-0.15, -0.1) is 0 Å². The predicted octanol–water partition coefficient (Wildman–Crippen LogP) is -3.47. The number of carbonyl (C=O) groups excluding carboxylic acids is 2. The highest BCUT2D eigenvalue weighted by molar-refractivity contribution is 8.76. The van der Waals surface area contributed by atoms with Gasteiger partial charge in [-0.05, 0) is 6.92 Å². The number of hydrogen-bond donors (Lipinski definition) is 7. The Morgan fingerprint density at radius 2 is 1.89 bits per heavy atom. The van der Waals surface area contributed by atoms with Gasteiger partial charge in [-0.25, -0.2) is 4.79 Å². The van der Waals surface area contributed by atoms with E-state index in [4.69, 9.17) is 15.6 Å². The molecule has 0 aromatic rings. The molecule has 1 rings (SSSR count). The number of aliphatic hydroxyl groups excluding tert-OH is 5. The van der Waals surface area contributed by atoms with Crippen LogP contribution < -0.4 is 11.1 Å². The van der Waals surface area contributed by atoms with Gasteiger partial charge in [0, 0.05) is 5.75 Å². The average molecular weight is 431 g/mol. The van der Waals surface area contributed by atoms with E-state index >= 15 is 0 Å². The second kappa shape index (κ2) is 11.4. The number of hydrogen-bond acceptors (Lipinski definition) is 12. The van der Waals surface area contributed by atoms with Crippen LogP contribution in [0.15, 0.2) is 0 Å². The van der Waals surface area contributed by atoms with E-state index in [1.807, 2.05) is 0 Å². The SMILES string of the molecule is COC(=O)[C@@H](NC(=O)[C@@H](N)CSS[C@@H]1O[C@H](CO)[C@@H](O)[C@H](O)[C@H]1O)[C@@H](C)O. The van der Waals surface area contributed by atoms with Crippen LogP contribution in [0.5, 0.6) is 0 Å². The predicted molar refractivity (Wildman–Crippen MR) is 97.4 cm³/mol. The lowest BCUT2D eigenvalue weighted by atomic mass is 10.0. The minimum absolute atomic E-state index is 0.0548. The molecule has 1 aliphatic rings. The summed E-state index contributed by atoms with van der Waals surface area (Å²) in [5, 5.41) is 50.3. The Morgan fingerprint density at radius 3 is 2.41 bits per heavy atom. The maximum Gasteiger partial charge on any atom is 0.331 e. The van der Waals surface area contributed by atoms with Crippen LogP contribution in [-0.4, -0.2) is 105 Å². The van der Waals surface area contributed by atoms with Crippen molar-refractivity contribution in [2.75, 3.05) is 19.5 Å². The molecule has 11 nitrogen and oxygen atoms in total. The van der Waals surface area contributed by atoms with Crippen molar-refractivity contribution >= 4 is 33.5 Å². The molecule has 0 aromatic heterocycles. The Hall–Kier alpha value is -0.640. The number of nitrogens with one attached hydrogen (secondary N) is 1. The molecule has 0 spiro atoms. The number of aliphatic hydroxyl groups is 5. The topological polar surface area (TPSA) is 192 Å². The molecule has 1 amide bonds. The normalized spacial score (nSPS) is 31.6. The summed E-state index contributed by atoms with van der Waals surface area (Å²) in [5.41, 5.74) is 4.79. The van der Waals surface area contributed by atoms with E-state index in [9.17, 15) is 30.0 Å². The van der Waals surface area contributed by atoms with Crippen molar-refractivity contribution in [1.82, 2.24) is 5.32 Å². The van der Waals surface area contributed by atoms with Gasteiger partial charge in [0.15, 0.2) is 6.04 Å². The number of amides is 1. The summed E-state index contributed by atoms with van der Waals surface area (Å²) in [7, 11) is 3.15. The van der Waals surface area contributed by atoms with Gasteiger partial charge >= 0.3 is 5.97 Å².